The van der Waals surface area contributed by atoms with Crippen molar-refractivity contribution in [2.45, 2.75) is 0 Å². The quantitative estimate of drug-likeness (QED) is 0.590. The van der Waals surface area contributed by atoms with Gasteiger partial charge in [0.05, 0.1) is 17.2 Å². The summed E-state index contributed by atoms with van der Waals surface area (Å²) < 4.78 is 1.33. The Kier molecular flexibility index (Phi) is 3.93. The average molecular weight is 289 g/mol. The zero-order chi connectivity index (χ0) is 15.4. The Balaban J connectivity index is 2.19. The SMILES string of the molecule is NC(=O)CNC(=O)c1ccn(-c2cccc([N+](=O)[O-])c2)n1. The lowest BCUT2D eigenvalue weighted by molar-refractivity contribution is -0.384. The van der Waals surface area contributed by atoms with Crippen LogP contribution in [0.15, 0.2) is 36.5 Å². The van der Waals surface area contributed by atoms with Crippen molar-refractivity contribution in [3.63, 3.8) is 0 Å². The van der Waals surface area contributed by atoms with Crippen LogP contribution < -0.4 is 11.1 Å². The van der Waals surface area contributed by atoms with Crippen LogP contribution in [0.4, 0.5) is 5.69 Å². The van der Waals surface area contributed by atoms with Crippen molar-refractivity contribution in [1.29, 1.82) is 0 Å². The molecule has 0 aliphatic heterocycles. The van der Waals surface area contributed by atoms with Crippen LogP contribution in [0, 0.1) is 10.1 Å². The van der Waals surface area contributed by atoms with Gasteiger partial charge in [0.1, 0.15) is 0 Å². The van der Waals surface area contributed by atoms with Crippen LogP contribution in [0.5, 0.6) is 0 Å². The average Bonchev–Trinajstić information content (AvgIpc) is 2.94. The minimum atomic E-state index is -0.665. The molecule has 0 saturated heterocycles. The van der Waals surface area contributed by atoms with Crippen molar-refractivity contribution < 1.29 is 14.5 Å². The number of nitro groups is 1. The van der Waals surface area contributed by atoms with Crippen molar-refractivity contribution in [2.75, 3.05) is 6.54 Å². The first-order valence-electron chi connectivity index (χ1n) is 5.84. The minimum Gasteiger partial charge on any atom is -0.368 e. The molecular weight excluding hydrogens is 278 g/mol. The Morgan fingerprint density at radius 3 is 2.81 bits per heavy atom. The van der Waals surface area contributed by atoms with E-state index in [0.29, 0.717) is 5.69 Å². The molecule has 0 atom stereocenters. The molecule has 0 bridgehead atoms. The van der Waals surface area contributed by atoms with E-state index in [1.807, 2.05) is 0 Å². The molecule has 2 aromatic rings. The number of carbonyl (C=O) groups excluding carboxylic acids is 2. The molecule has 1 aromatic carbocycles. The predicted octanol–water partition coefficient (Wildman–Crippen LogP) is -0.00440. The van der Waals surface area contributed by atoms with E-state index in [0.717, 1.165) is 0 Å². The number of hydrogen-bond acceptors (Lipinski definition) is 5. The Morgan fingerprint density at radius 2 is 2.14 bits per heavy atom. The fraction of sp³-hybridized carbons (Fsp3) is 0.0833. The fourth-order valence-corrected chi connectivity index (χ4v) is 1.60. The first-order valence-corrected chi connectivity index (χ1v) is 5.84. The third-order valence-corrected chi connectivity index (χ3v) is 2.55. The number of nitro benzene ring substituents is 1. The number of nitrogens with zero attached hydrogens (tertiary/aromatic N) is 3. The van der Waals surface area contributed by atoms with Crippen LogP contribution in [0.1, 0.15) is 10.5 Å². The molecule has 2 amide bonds. The molecule has 0 fully saturated rings. The Labute approximate surface area is 118 Å². The number of nitrogens with two attached hydrogens (primary N) is 1. The van der Waals surface area contributed by atoms with Crippen LogP contribution in [-0.2, 0) is 4.79 Å². The summed E-state index contributed by atoms with van der Waals surface area (Å²) in [4.78, 5) is 32.4. The summed E-state index contributed by atoms with van der Waals surface area (Å²) in [5, 5.41) is 17.0. The zero-order valence-corrected chi connectivity index (χ0v) is 10.7. The van der Waals surface area contributed by atoms with E-state index < -0.39 is 16.7 Å². The van der Waals surface area contributed by atoms with E-state index >= 15 is 0 Å². The molecule has 3 N–H and O–H groups in total. The lowest BCUT2D eigenvalue weighted by atomic mass is 10.3. The molecule has 1 aromatic heterocycles. The molecular formula is C12H11N5O4. The third kappa shape index (κ3) is 3.41. The summed E-state index contributed by atoms with van der Waals surface area (Å²) in [6.07, 6.45) is 1.48. The first-order chi connectivity index (χ1) is 9.97. The van der Waals surface area contributed by atoms with Gasteiger partial charge in [-0.2, -0.15) is 5.10 Å². The lowest BCUT2D eigenvalue weighted by Crippen LogP contribution is -2.33. The second-order valence-electron chi connectivity index (χ2n) is 4.07. The summed E-state index contributed by atoms with van der Waals surface area (Å²) in [7, 11) is 0. The molecule has 0 aliphatic rings. The topological polar surface area (TPSA) is 133 Å². The van der Waals surface area contributed by atoms with Crippen molar-refractivity contribution in [1.82, 2.24) is 15.1 Å². The highest BCUT2D eigenvalue weighted by atomic mass is 16.6. The van der Waals surface area contributed by atoms with Gasteiger partial charge in [-0.25, -0.2) is 4.68 Å². The summed E-state index contributed by atoms with van der Waals surface area (Å²) in [6, 6.07) is 7.24. The largest absolute Gasteiger partial charge is 0.368 e. The highest BCUT2D eigenvalue weighted by molar-refractivity contribution is 5.94. The molecule has 0 spiro atoms. The molecule has 9 nitrogen and oxygen atoms in total. The number of carbonyl (C=O) groups is 2. The second-order valence-corrected chi connectivity index (χ2v) is 4.07. The van der Waals surface area contributed by atoms with E-state index in [2.05, 4.69) is 10.4 Å². The van der Waals surface area contributed by atoms with Crippen molar-refractivity contribution in [3.8, 4) is 5.69 Å². The molecule has 0 aliphatic carbocycles. The van der Waals surface area contributed by atoms with E-state index in [1.165, 1.54) is 35.1 Å². The molecule has 0 saturated carbocycles. The molecule has 21 heavy (non-hydrogen) atoms. The van der Waals surface area contributed by atoms with Crippen LogP contribution >= 0.6 is 0 Å². The van der Waals surface area contributed by atoms with Crippen LogP contribution in [-0.4, -0.2) is 33.1 Å². The standard InChI is InChI=1S/C12H11N5O4/c13-11(18)7-14-12(19)10-4-5-16(15-10)8-2-1-3-9(6-8)17(20)21/h1-6H,7H2,(H2,13,18)(H,14,19). The number of primary amides is 1. The molecule has 0 radical (unpaired) electrons. The van der Waals surface area contributed by atoms with Gasteiger partial charge in [-0.15, -0.1) is 0 Å². The molecule has 0 unspecified atom stereocenters. The van der Waals surface area contributed by atoms with Gasteiger partial charge < -0.3 is 11.1 Å². The minimum absolute atomic E-state index is 0.0720. The molecule has 9 heteroatoms. The van der Waals surface area contributed by atoms with E-state index in [-0.39, 0.29) is 17.9 Å². The fourth-order valence-electron chi connectivity index (χ4n) is 1.60. The number of aromatic nitrogens is 2. The van der Waals surface area contributed by atoms with Gasteiger partial charge in [-0.1, -0.05) is 6.07 Å². The highest BCUT2D eigenvalue weighted by Gasteiger charge is 2.12. The lowest BCUT2D eigenvalue weighted by Gasteiger charge is -2.01. The van der Waals surface area contributed by atoms with Crippen molar-refractivity contribution in [3.05, 3.63) is 52.3 Å². The maximum Gasteiger partial charge on any atom is 0.272 e. The van der Waals surface area contributed by atoms with Crippen molar-refractivity contribution >= 4 is 17.5 Å². The smallest absolute Gasteiger partial charge is 0.272 e. The normalized spacial score (nSPS) is 10.1. The van der Waals surface area contributed by atoms with E-state index in [9.17, 15) is 19.7 Å². The van der Waals surface area contributed by atoms with Gasteiger partial charge in [0.2, 0.25) is 5.91 Å². The number of hydrogen-bond donors (Lipinski definition) is 2. The number of rotatable bonds is 5. The number of non-ortho nitro benzene ring substituents is 1. The summed E-state index contributed by atoms with van der Waals surface area (Å²) >= 11 is 0. The van der Waals surface area contributed by atoms with Gasteiger partial charge >= 0.3 is 0 Å². The van der Waals surface area contributed by atoms with Crippen LogP contribution in [0.2, 0.25) is 0 Å². The Bertz CT molecular complexity index is 709. The van der Waals surface area contributed by atoms with Crippen molar-refractivity contribution in [2.24, 2.45) is 5.73 Å². The van der Waals surface area contributed by atoms with Crippen LogP contribution in [0.3, 0.4) is 0 Å². The summed E-state index contributed by atoms with van der Waals surface area (Å²) in [6.45, 7) is -0.289. The molecule has 1 heterocycles. The maximum atomic E-state index is 11.7. The van der Waals surface area contributed by atoms with E-state index in [1.54, 1.807) is 6.07 Å². The highest BCUT2D eigenvalue weighted by Crippen LogP contribution is 2.16. The zero-order valence-electron chi connectivity index (χ0n) is 10.7. The Morgan fingerprint density at radius 1 is 1.38 bits per heavy atom. The third-order valence-electron chi connectivity index (χ3n) is 2.55. The van der Waals surface area contributed by atoms with Gasteiger partial charge in [-0.3, -0.25) is 19.7 Å². The number of nitrogens with one attached hydrogen (secondary N) is 1. The van der Waals surface area contributed by atoms with Gasteiger partial charge in [0.15, 0.2) is 5.69 Å². The monoisotopic (exact) mass is 289 g/mol. The first kappa shape index (κ1) is 14.2. The molecule has 108 valence electrons. The maximum absolute atomic E-state index is 11.7. The van der Waals surface area contributed by atoms with Gasteiger partial charge in [-0.05, 0) is 12.1 Å². The summed E-state index contributed by atoms with van der Waals surface area (Å²) in [5.74, 6) is -1.22. The predicted molar refractivity (Wildman–Crippen MR) is 71.7 cm³/mol. The summed E-state index contributed by atoms with van der Waals surface area (Å²) in [5.41, 5.74) is 5.35. The number of amides is 2. The number of benzene rings is 1. The second kappa shape index (κ2) is 5.82. The van der Waals surface area contributed by atoms with E-state index in [4.69, 9.17) is 5.73 Å². The van der Waals surface area contributed by atoms with Crippen LogP contribution in [0.25, 0.3) is 5.69 Å². The van der Waals surface area contributed by atoms with Gasteiger partial charge in [0.25, 0.3) is 11.6 Å². The van der Waals surface area contributed by atoms with Gasteiger partial charge in [0, 0.05) is 18.3 Å². The Hall–Kier alpha value is -3.23. The molecule has 2 rings (SSSR count).